The van der Waals surface area contributed by atoms with Crippen molar-refractivity contribution in [2.45, 2.75) is 23.3 Å². The first kappa shape index (κ1) is 20.2. The maximum atomic E-state index is 12.4. The standard InChI is InChI=1S/C13H18BrClN2O3S.ClH/c1-20-9-13(6-3-7-16-13)8-17-21(18,19)11-5-2-4-10(14)12(11)15;/h2,4-5,16-17H,3,6-9H2,1H3;1H. The van der Waals surface area contributed by atoms with E-state index < -0.39 is 10.0 Å². The molecule has 0 saturated carbocycles. The minimum atomic E-state index is -3.66. The van der Waals surface area contributed by atoms with Crippen molar-refractivity contribution in [2.75, 3.05) is 26.8 Å². The van der Waals surface area contributed by atoms with Gasteiger partial charge in [0.25, 0.3) is 0 Å². The molecule has 1 heterocycles. The molecule has 0 radical (unpaired) electrons. The Kier molecular flexibility index (Phi) is 7.59. The van der Waals surface area contributed by atoms with Gasteiger partial charge < -0.3 is 10.1 Å². The summed E-state index contributed by atoms with van der Waals surface area (Å²) in [5.41, 5.74) is -0.347. The van der Waals surface area contributed by atoms with Crippen molar-refractivity contribution in [1.82, 2.24) is 10.0 Å². The average molecular weight is 434 g/mol. The molecule has 1 unspecified atom stereocenters. The highest BCUT2D eigenvalue weighted by Crippen LogP contribution is 2.29. The van der Waals surface area contributed by atoms with Crippen LogP contribution in [0.5, 0.6) is 0 Å². The Morgan fingerprint density at radius 1 is 1.50 bits per heavy atom. The lowest BCUT2D eigenvalue weighted by molar-refractivity contribution is 0.122. The number of benzene rings is 1. The van der Waals surface area contributed by atoms with Gasteiger partial charge in [-0.3, -0.25) is 0 Å². The van der Waals surface area contributed by atoms with Crippen LogP contribution in [-0.2, 0) is 14.8 Å². The fourth-order valence-corrected chi connectivity index (χ4v) is 4.63. The van der Waals surface area contributed by atoms with Gasteiger partial charge in [-0.1, -0.05) is 17.7 Å². The molecular weight excluding hydrogens is 415 g/mol. The van der Waals surface area contributed by atoms with E-state index in [0.717, 1.165) is 19.4 Å². The van der Waals surface area contributed by atoms with Gasteiger partial charge in [0.15, 0.2) is 0 Å². The SMILES string of the molecule is COCC1(CNS(=O)(=O)c2cccc(Br)c2Cl)CCCN1.Cl. The maximum Gasteiger partial charge on any atom is 0.242 e. The quantitative estimate of drug-likeness (QED) is 0.723. The molecule has 0 aromatic heterocycles. The van der Waals surface area contributed by atoms with Gasteiger partial charge in [-0.05, 0) is 47.4 Å². The number of nitrogens with one attached hydrogen (secondary N) is 2. The van der Waals surface area contributed by atoms with Crippen molar-refractivity contribution in [2.24, 2.45) is 0 Å². The molecule has 1 saturated heterocycles. The molecule has 0 spiro atoms. The number of hydrogen-bond donors (Lipinski definition) is 2. The van der Waals surface area contributed by atoms with E-state index in [9.17, 15) is 8.42 Å². The molecule has 0 amide bonds. The second-order valence-electron chi connectivity index (χ2n) is 5.12. The van der Waals surface area contributed by atoms with Gasteiger partial charge in [0.2, 0.25) is 10.0 Å². The first-order valence-electron chi connectivity index (χ1n) is 6.58. The van der Waals surface area contributed by atoms with Gasteiger partial charge in [0, 0.05) is 18.1 Å². The zero-order valence-electron chi connectivity index (χ0n) is 12.1. The van der Waals surface area contributed by atoms with E-state index in [1.54, 1.807) is 19.2 Å². The van der Waals surface area contributed by atoms with Crippen molar-refractivity contribution >= 4 is 50.0 Å². The third-order valence-corrected chi connectivity index (χ3v) is 6.41. The van der Waals surface area contributed by atoms with Crippen LogP contribution >= 0.6 is 39.9 Å². The van der Waals surface area contributed by atoms with E-state index in [1.165, 1.54) is 6.07 Å². The van der Waals surface area contributed by atoms with Crippen LogP contribution in [0.15, 0.2) is 27.6 Å². The number of halogens is 3. The molecule has 1 aromatic carbocycles. The highest BCUT2D eigenvalue weighted by atomic mass is 79.9. The molecule has 1 atom stereocenters. The largest absolute Gasteiger partial charge is 0.383 e. The lowest BCUT2D eigenvalue weighted by Crippen LogP contribution is -2.52. The zero-order chi connectivity index (χ0) is 15.5. The van der Waals surface area contributed by atoms with E-state index in [1.807, 2.05) is 0 Å². The number of rotatable bonds is 6. The Hall–Kier alpha value is 0.110. The molecule has 2 rings (SSSR count). The van der Waals surface area contributed by atoms with Gasteiger partial charge in [-0.25, -0.2) is 13.1 Å². The number of methoxy groups -OCH3 is 1. The first-order chi connectivity index (χ1) is 9.90. The molecule has 1 aliphatic rings. The summed E-state index contributed by atoms with van der Waals surface area (Å²) in [5.74, 6) is 0. The summed E-state index contributed by atoms with van der Waals surface area (Å²) >= 11 is 9.30. The molecule has 0 aliphatic carbocycles. The smallest absolute Gasteiger partial charge is 0.242 e. The summed E-state index contributed by atoms with van der Waals surface area (Å²) in [7, 11) is -2.05. The van der Waals surface area contributed by atoms with E-state index in [4.69, 9.17) is 16.3 Å². The molecule has 1 aliphatic heterocycles. The predicted octanol–water partition coefficient (Wildman–Crippen LogP) is 2.57. The normalized spacial score (nSPS) is 21.6. The summed E-state index contributed by atoms with van der Waals surface area (Å²) in [6, 6.07) is 4.83. The molecule has 22 heavy (non-hydrogen) atoms. The third kappa shape index (κ3) is 4.56. The minimum absolute atomic E-state index is 0. The molecule has 0 bridgehead atoms. The summed E-state index contributed by atoms with van der Waals surface area (Å²) in [6.45, 7) is 1.59. The van der Waals surface area contributed by atoms with E-state index in [2.05, 4.69) is 26.0 Å². The summed E-state index contributed by atoms with van der Waals surface area (Å²) in [6.07, 6.45) is 1.87. The van der Waals surface area contributed by atoms with Gasteiger partial charge in [0.1, 0.15) is 4.90 Å². The lowest BCUT2D eigenvalue weighted by atomic mass is 9.99. The van der Waals surface area contributed by atoms with Crippen molar-refractivity contribution in [3.63, 3.8) is 0 Å². The molecule has 5 nitrogen and oxygen atoms in total. The van der Waals surface area contributed by atoms with Gasteiger partial charge in [0.05, 0.1) is 17.2 Å². The fraction of sp³-hybridized carbons (Fsp3) is 0.538. The van der Waals surface area contributed by atoms with Crippen molar-refractivity contribution in [3.05, 3.63) is 27.7 Å². The molecular formula is C13H19BrCl2N2O3S. The fourth-order valence-electron chi connectivity index (χ4n) is 2.47. The second kappa shape index (κ2) is 8.28. The highest BCUT2D eigenvalue weighted by Gasteiger charge is 2.35. The van der Waals surface area contributed by atoms with E-state index >= 15 is 0 Å². The zero-order valence-corrected chi connectivity index (χ0v) is 16.0. The van der Waals surface area contributed by atoms with Crippen molar-refractivity contribution < 1.29 is 13.2 Å². The van der Waals surface area contributed by atoms with Crippen LogP contribution in [0.4, 0.5) is 0 Å². The van der Waals surface area contributed by atoms with Crippen LogP contribution in [0.25, 0.3) is 0 Å². The van der Waals surface area contributed by atoms with Gasteiger partial charge >= 0.3 is 0 Å². The third-order valence-electron chi connectivity index (χ3n) is 3.56. The Labute approximate surface area is 150 Å². The number of ether oxygens (including phenoxy) is 1. The van der Waals surface area contributed by atoms with Crippen LogP contribution < -0.4 is 10.0 Å². The van der Waals surface area contributed by atoms with Crippen LogP contribution in [0, 0.1) is 0 Å². The second-order valence-corrected chi connectivity index (χ2v) is 8.09. The highest BCUT2D eigenvalue weighted by molar-refractivity contribution is 9.10. The monoisotopic (exact) mass is 432 g/mol. The Morgan fingerprint density at radius 3 is 2.82 bits per heavy atom. The van der Waals surface area contributed by atoms with Crippen LogP contribution in [0.2, 0.25) is 5.02 Å². The first-order valence-corrected chi connectivity index (χ1v) is 9.23. The van der Waals surface area contributed by atoms with Gasteiger partial charge in [-0.15, -0.1) is 12.4 Å². The summed E-state index contributed by atoms with van der Waals surface area (Å²) < 4.78 is 33.2. The predicted molar refractivity (Wildman–Crippen MR) is 93.4 cm³/mol. The van der Waals surface area contributed by atoms with Crippen molar-refractivity contribution in [1.29, 1.82) is 0 Å². The molecule has 2 N–H and O–H groups in total. The topological polar surface area (TPSA) is 67.4 Å². The number of hydrogen-bond acceptors (Lipinski definition) is 4. The molecule has 1 aromatic rings. The van der Waals surface area contributed by atoms with Crippen molar-refractivity contribution in [3.8, 4) is 0 Å². The van der Waals surface area contributed by atoms with Crippen LogP contribution in [-0.4, -0.2) is 40.8 Å². The molecule has 126 valence electrons. The molecule has 9 heteroatoms. The van der Waals surface area contributed by atoms with Crippen LogP contribution in [0.1, 0.15) is 12.8 Å². The summed E-state index contributed by atoms with van der Waals surface area (Å²) in [4.78, 5) is 0.0732. The Balaban J connectivity index is 0.00000242. The number of sulfonamides is 1. The van der Waals surface area contributed by atoms with Crippen LogP contribution in [0.3, 0.4) is 0 Å². The summed E-state index contributed by atoms with van der Waals surface area (Å²) in [5, 5.41) is 3.51. The minimum Gasteiger partial charge on any atom is -0.383 e. The van der Waals surface area contributed by atoms with E-state index in [-0.39, 0.29) is 34.4 Å². The average Bonchev–Trinajstić information content (AvgIpc) is 2.89. The molecule has 1 fully saturated rings. The van der Waals surface area contributed by atoms with E-state index in [0.29, 0.717) is 11.1 Å². The Morgan fingerprint density at radius 2 is 2.23 bits per heavy atom. The maximum absolute atomic E-state index is 12.4. The van der Waals surface area contributed by atoms with Gasteiger partial charge in [-0.2, -0.15) is 0 Å². The Bertz CT molecular complexity index is 607. The lowest BCUT2D eigenvalue weighted by Gasteiger charge is -2.29.